The lowest BCUT2D eigenvalue weighted by molar-refractivity contribution is -0.0265. The monoisotopic (exact) mass is 384 g/mol. The highest BCUT2D eigenvalue weighted by molar-refractivity contribution is 5.79. The van der Waals surface area contributed by atoms with Crippen LogP contribution in [0.5, 0.6) is 0 Å². The number of hydrogen-bond acceptors (Lipinski definition) is 4. The molecule has 1 aliphatic heterocycles. The van der Waals surface area contributed by atoms with Crippen LogP contribution in [0.1, 0.15) is 56.9 Å². The predicted molar refractivity (Wildman–Crippen MR) is 111 cm³/mol. The number of nitrogens with zero attached hydrogens (tertiary/aromatic N) is 2. The van der Waals surface area contributed by atoms with Crippen molar-refractivity contribution in [1.82, 2.24) is 15.6 Å². The molecule has 2 aromatic rings. The minimum Gasteiger partial charge on any atom is -0.443 e. The average molecular weight is 385 g/mol. The van der Waals surface area contributed by atoms with Crippen LogP contribution in [-0.4, -0.2) is 31.1 Å². The molecule has 152 valence electrons. The van der Waals surface area contributed by atoms with Crippen molar-refractivity contribution in [2.24, 2.45) is 10.9 Å². The van der Waals surface area contributed by atoms with Gasteiger partial charge in [-0.1, -0.05) is 51.1 Å². The number of nitrogens with one attached hydrogen (secondary N) is 2. The lowest BCUT2D eigenvalue weighted by atomic mass is 9.89. The number of benzene rings is 1. The zero-order valence-corrected chi connectivity index (χ0v) is 17.4. The third-order valence-corrected chi connectivity index (χ3v) is 5.03. The van der Waals surface area contributed by atoms with Crippen molar-refractivity contribution in [3.8, 4) is 0 Å². The molecule has 1 saturated heterocycles. The summed E-state index contributed by atoms with van der Waals surface area (Å²) in [6.45, 7) is 8.46. The molecule has 2 heterocycles. The van der Waals surface area contributed by atoms with Gasteiger partial charge in [-0.3, -0.25) is 4.99 Å². The van der Waals surface area contributed by atoms with Gasteiger partial charge in [0.2, 0.25) is 5.89 Å². The van der Waals surface area contributed by atoms with Crippen LogP contribution in [0.2, 0.25) is 0 Å². The Kier molecular flexibility index (Phi) is 6.73. The summed E-state index contributed by atoms with van der Waals surface area (Å²) in [5, 5.41) is 6.72. The van der Waals surface area contributed by atoms with Gasteiger partial charge in [-0.15, -0.1) is 0 Å². The Morgan fingerprint density at radius 3 is 2.68 bits per heavy atom. The number of ether oxygens (including phenoxy) is 1. The highest BCUT2D eigenvalue weighted by Gasteiger charge is 2.27. The summed E-state index contributed by atoms with van der Waals surface area (Å²) in [6, 6.07) is 10.5. The van der Waals surface area contributed by atoms with Gasteiger partial charge < -0.3 is 19.8 Å². The zero-order valence-electron chi connectivity index (χ0n) is 17.4. The lowest BCUT2D eigenvalue weighted by Gasteiger charge is -2.32. The highest BCUT2D eigenvalue weighted by Crippen LogP contribution is 2.33. The molecular formula is C22H32N4O2. The van der Waals surface area contributed by atoms with Gasteiger partial charge in [-0.2, -0.15) is 0 Å². The van der Waals surface area contributed by atoms with Crippen LogP contribution in [0, 0.1) is 5.92 Å². The molecule has 0 spiro atoms. The second-order valence-electron chi connectivity index (χ2n) is 8.28. The average Bonchev–Trinajstić information content (AvgIpc) is 3.19. The zero-order chi connectivity index (χ0) is 20.0. The SMILES string of the molecule is CN=C(NCc1ncc(C(C)(C)C)o1)NCC1CCCOC1c1ccccc1. The van der Waals surface area contributed by atoms with E-state index in [9.17, 15) is 0 Å². The Hall–Kier alpha value is -2.34. The first-order chi connectivity index (χ1) is 13.5. The van der Waals surface area contributed by atoms with E-state index in [-0.39, 0.29) is 11.5 Å². The molecule has 0 saturated carbocycles. The van der Waals surface area contributed by atoms with Crippen molar-refractivity contribution in [3.05, 3.63) is 53.7 Å². The van der Waals surface area contributed by atoms with Crippen LogP contribution in [0.15, 0.2) is 45.9 Å². The van der Waals surface area contributed by atoms with Crippen LogP contribution < -0.4 is 10.6 Å². The van der Waals surface area contributed by atoms with E-state index in [0.29, 0.717) is 18.4 Å². The fourth-order valence-electron chi connectivity index (χ4n) is 3.41. The fourth-order valence-corrected chi connectivity index (χ4v) is 3.41. The minimum atomic E-state index is -0.0430. The van der Waals surface area contributed by atoms with Crippen LogP contribution in [0.4, 0.5) is 0 Å². The number of rotatable bonds is 5. The van der Waals surface area contributed by atoms with Crippen LogP contribution >= 0.6 is 0 Å². The van der Waals surface area contributed by atoms with E-state index in [1.165, 1.54) is 5.56 Å². The van der Waals surface area contributed by atoms with Gasteiger partial charge in [-0.25, -0.2) is 4.98 Å². The topological polar surface area (TPSA) is 71.7 Å². The van der Waals surface area contributed by atoms with Crippen molar-refractivity contribution >= 4 is 5.96 Å². The molecule has 2 unspecified atom stereocenters. The minimum absolute atomic E-state index is 0.0430. The van der Waals surface area contributed by atoms with Crippen LogP contribution in [-0.2, 0) is 16.7 Å². The molecule has 1 aliphatic rings. The largest absolute Gasteiger partial charge is 0.443 e. The summed E-state index contributed by atoms with van der Waals surface area (Å²) >= 11 is 0. The number of hydrogen-bond donors (Lipinski definition) is 2. The Bertz CT molecular complexity index is 764. The summed E-state index contributed by atoms with van der Waals surface area (Å²) < 4.78 is 11.9. The van der Waals surface area contributed by atoms with Crippen molar-refractivity contribution in [1.29, 1.82) is 0 Å². The molecular weight excluding hydrogens is 352 g/mol. The summed E-state index contributed by atoms with van der Waals surface area (Å²) in [5.41, 5.74) is 1.20. The predicted octanol–water partition coefficient (Wildman–Crippen LogP) is 3.81. The second kappa shape index (κ2) is 9.24. The van der Waals surface area contributed by atoms with E-state index in [2.05, 4.69) is 65.6 Å². The van der Waals surface area contributed by atoms with Crippen LogP contribution in [0.3, 0.4) is 0 Å². The molecule has 3 rings (SSSR count). The first-order valence-electron chi connectivity index (χ1n) is 10.0. The van der Waals surface area contributed by atoms with E-state index in [1.54, 1.807) is 13.2 Å². The Morgan fingerprint density at radius 1 is 1.21 bits per heavy atom. The van der Waals surface area contributed by atoms with Crippen molar-refractivity contribution in [3.63, 3.8) is 0 Å². The molecule has 2 N–H and O–H groups in total. The molecule has 6 heteroatoms. The van der Waals surface area contributed by atoms with Crippen molar-refractivity contribution in [2.45, 2.75) is 51.7 Å². The summed E-state index contributed by atoms with van der Waals surface area (Å²) in [6.07, 6.45) is 4.16. The highest BCUT2D eigenvalue weighted by atomic mass is 16.5. The van der Waals surface area contributed by atoms with Crippen molar-refractivity contribution < 1.29 is 9.15 Å². The maximum Gasteiger partial charge on any atom is 0.213 e. The van der Waals surface area contributed by atoms with E-state index in [4.69, 9.17) is 9.15 Å². The van der Waals surface area contributed by atoms with E-state index < -0.39 is 0 Å². The molecule has 2 atom stereocenters. The molecule has 1 fully saturated rings. The molecule has 28 heavy (non-hydrogen) atoms. The molecule has 0 radical (unpaired) electrons. The number of guanidine groups is 1. The Morgan fingerprint density at radius 2 is 2.00 bits per heavy atom. The van der Waals surface area contributed by atoms with E-state index in [0.717, 1.165) is 37.7 Å². The number of oxazole rings is 1. The van der Waals surface area contributed by atoms with Crippen LogP contribution in [0.25, 0.3) is 0 Å². The first kappa shape index (κ1) is 20.4. The second-order valence-corrected chi connectivity index (χ2v) is 8.28. The quantitative estimate of drug-likeness (QED) is 0.606. The maximum atomic E-state index is 6.08. The molecule has 1 aromatic heterocycles. The van der Waals surface area contributed by atoms with Gasteiger partial charge in [0.05, 0.1) is 18.8 Å². The molecule has 0 bridgehead atoms. The summed E-state index contributed by atoms with van der Waals surface area (Å²) in [7, 11) is 1.78. The van der Waals surface area contributed by atoms with Gasteiger partial charge >= 0.3 is 0 Å². The third-order valence-electron chi connectivity index (χ3n) is 5.03. The summed E-state index contributed by atoms with van der Waals surface area (Å²) in [5.74, 6) is 2.70. The maximum absolute atomic E-state index is 6.08. The van der Waals surface area contributed by atoms with Gasteiger partial charge in [0.1, 0.15) is 5.76 Å². The Balaban J connectivity index is 1.53. The molecule has 0 amide bonds. The number of aliphatic imine (C=N–C) groups is 1. The van der Waals surface area contributed by atoms with Gasteiger partial charge in [0, 0.05) is 31.5 Å². The molecule has 6 nitrogen and oxygen atoms in total. The normalized spacial score (nSPS) is 20.8. The third kappa shape index (κ3) is 5.35. The Labute approximate surface area is 167 Å². The molecule has 0 aliphatic carbocycles. The smallest absolute Gasteiger partial charge is 0.213 e. The lowest BCUT2D eigenvalue weighted by Crippen LogP contribution is -2.41. The number of aromatic nitrogens is 1. The standard InChI is InChI=1S/C22H32N4O2/c1-22(2,3)18-14-24-19(28-18)15-26-21(23-4)25-13-17-11-8-12-27-20(17)16-9-6-5-7-10-16/h5-7,9-10,14,17,20H,8,11-13,15H2,1-4H3,(H2,23,25,26). The van der Waals surface area contributed by atoms with E-state index >= 15 is 0 Å². The first-order valence-corrected chi connectivity index (χ1v) is 10.0. The fraction of sp³-hybridized carbons (Fsp3) is 0.545. The van der Waals surface area contributed by atoms with Crippen molar-refractivity contribution in [2.75, 3.05) is 20.2 Å². The van der Waals surface area contributed by atoms with E-state index in [1.807, 2.05) is 6.07 Å². The van der Waals surface area contributed by atoms with Gasteiger partial charge in [-0.05, 0) is 18.4 Å². The van der Waals surface area contributed by atoms with Gasteiger partial charge in [0.25, 0.3) is 0 Å². The summed E-state index contributed by atoms with van der Waals surface area (Å²) in [4.78, 5) is 8.68. The van der Waals surface area contributed by atoms with Gasteiger partial charge in [0.15, 0.2) is 5.96 Å². The molecule has 1 aromatic carbocycles.